The Hall–Kier alpha value is -1.10. The van der Waals surface area contributed by atoms with Gasteiger partial charge in [-0.05, 0) is 32.8 Å². The number of hydrogen-bond acceptors (Lipinski definition) is 4. The number of rotatable bonds is 5. The van der Waals surface area contributed by atoms with E-state index in [9.17, 15) is 4.79 Å². The standard InChI is InChI=1S/C14H21N3OS/c1-8(2)13-15-9(3)7-12(17-13)19-10(4)14(18)16-11-5-6-11/h7-8,10-11H,5-6H2,1-4H3,(H,16,18)/t10-/m0/s1. The molecule has 1 atom stereocenters. The molecule has 0 saturated heterocycles. The molecule has 1 saturated carbocycles. The highest BCUT2D eigenvalue weighted by atomic mass is 32.2. The molecule has 1 aromatic rings. The van der Waals surface area contributed by atoms with Crippen LogP contribution in [-0.4, -0.2) is 27.2 Å². The first-order chi connectivity index (χ1) is 8.95. The van der Waals surface area contributed by atoms with Gasteiger partial charge in [0.1, 0.15) is 10.9 Å². The first-order valence-corrected chi connectivity index (χ1v) is 7.66. The summed E-state index contributed by atoms with van der Waals surface area (Å²) in [5.74, 6) is 1.25. The first kappa shape index (κ1) is 14.3. The fourth-order valence-electron chi connectivity index (χ4n) is 1.66. The summed E-state index contributed by atoms with van der Waals surface area (Å²) in [5, 5.41) is 3.79. The van der Waals surface area contributed by atoms with Gasteiger partial charge in [0.25, 0.3) is 0 Å². The van der Waals surface area contributed by atoms with E-state index in [2.05, 4.69) is 29.1 Å². The molecule has 19 heavy (non-hydrogen) atoms. The van der Waals surface area contributed by atoms with Crippen molar-refractivity contribution >= 4 is 17.7 Å². The maximum atomic E-state index is 11.9. The van der Waals surface area contributed by atoms with E-state index < -0.39 is 0 Å². The molecule has 5 heteroatoms. The predicted octanol–water partition coefficient (Wildman–Crippen LogP) is 2.67. The molecule has 0 aliphatic heterocycles. The van der Waals surface area contributed by atoms with E-state index in [1.54, 1.807) is 0 Å². The van der Waals surface area contributed by atoms with Gasteiger partial charge in [-0.2, -0.15) is 0 Å². The molecule has 1 N–H and O–H groups in total. The molecule has 0 bridgehead atoms. The highest BCUT2D eigenvalue weighted by Crippen LogP contribution is 2.25. The van der Waals surface area contributed by atoms with Crippen LogP contribution >= 0.6 is 11.8 Å². The zero-order chi connectivity index (χ0) is 14.0. The summed E-state index contributed by atoms with van der Waals surface area (Å²) in [5.41, 5.74) is 0.955. The van der Waals surface area contributed by atoms with Crippen molar-refractivity contribution in [3.63, 3.8) is 0 Å². The number of aryl methyl sites for hydroxylation is 1. The van der Waals surface area contributed by atoms with E-state index in [4.69, 9.17) is 0 Å². The maximum absolute atomic E-state index is 11.9. The predicted molar refractivity (Wildman–Crippen MR) is 77.3 cm³/mol. The van der Waals surface area contributed by atoms with Crippen LogP contribution in [0.4, 0.5) is 0 Å². The van der Waals surface area contributed by atoms with E-state index in [1.807, 2.05) is 19.9 Å². The van der Waals surface area contributed by atoms with E-state index in [0.717, 1.165) is 29.4 Å². The van der Waals surface area contributed by atoms with Crippen LogP contribution in [-0.2, 0) is 4.79 Å². The average molecular weight is 279 g/mol. The molecule has 0 unspecified atom stereocenters. The minimum Gasteiger partial charge on any atom is -0.352 e. The maximum Gasteiger partial charge on any atom is 0.233 e. The Morgan fingerprint density at radius 3 is 2.63 bits per heavy atom. The molecule has 1 aliphatic carbocycles. The van der Waals surface area contributed by atoms with E-state index in [0.29, 0.717) is 12.0 Å². The minimum absolute atomic E-state index is 0.106. The number of thioether (sulfide) groups is 1. The molecule has 2 rings (SSSR count). The summed E-state index contributed by atoms with van der Waals surface area (Å²) in [6, 6.07) is 2.35. The van der Waals surface area contributed by atoms with Crippen LogP contribution in [0.5, 0.6) is 0 Å². The Morgan fingerprint density at radius 1 is 1.37 bits per heavy atom. The largest absolute Gasteiger partial charge is 0.352 e. The summed E-state index contributed by atoms with van der Waals surface area (Å²) in [6.45, 7) is 8.04. The van der Waals surface area contributed by atoms with Crippen molar-refractivity contribution in [3.8, 4) is 0 Å². The lowest BCUT2D eigenvalue weighted by molar-refractivity contribution is -0.120. The Morgan fingerprint density at radius 2 is 2.05 bits per heavy atom. The molecular weight excluding hydrogens is 258 g/mol. The molecule has 0 spiro atoms. The third-order valence-corrected chi connectivity index (χ3v) is 3.97. The van der Waals surface area contributed by atoms with Gasteiger partial charge in [0.2, 0.25) is 5.91 Å². The zero-order valence-corrected chi connectivity index (χ0v) is 12.8. The number of aromatic nitrogens is 2. The van der Waals surface area contributed by atoms with Gasteiger partial charge in [-0.3, -0.25) is 4.79 Å². The molecule has 1 aromatic heterocycles. The summed E-state index contributed by atoms with van der Waals surface area (Å²) >= 11 is 1.50. The fourth-order valence-corrected chi connectivity index (χ4v) is 2.58. The summed E-state index contributed by atoms with van der Waals surface area (Å²) in [6.07, 6.45) is 2.24. The van der Waals surface area contributed by atoms with Gasteiger partial charge in [0.15, 0.2) is 0 Å². The minimum atomic E-state index is -0.116. The fraction of sp³-hybridized carbons (Fsp3) is 0.643. The lowest BCUT2D eigenvalue weighted by Gasteiger charge is -2.12. The summed E-state index contributed by atoms with van der Waals surface area (Å²) < 4.78 is 0. The number of nitrogens with one attached hydrogen (secondary N) is 1. The molecule has 0 radical (unpaired) electrons. The van der Waals surface area contributed by atoms with Crippen LogP contribution in [0, 0.1) is 6.92 Å². The number of carbonyl (C=O) groups excluding carboxylic acids is 1. The summed E-state index contributed by atoms with van der Waals surface area (Å²) in [4.78, 5) is 20.9. The molecule has 4 nitrogen and oxygen atoms in total. The summed E-state index contributed by atoms with van der Waals surface area (Å²) in [7, 11) is 0. The van der Waals surface area contributed by atoms with Gasteiger partial charge in [-0.25, -0.2) is 9.97 Å². The number of nitrogens with zero attached hydrogens (tertiary/aromatic N) is 2. The molecule has 1 amide bonds. The highest BCUT2D eigenvalue weighted by molar-refractivity contribution is 8.00. The van der Waals surface area contributed by atoms with Crippen LogP contribution in [0.1, 0.15) is 51.0 Å². The quantitative estimate of drug-likeness (QED) is 0.665. The number of hydrogen-bond donors (Lipinski definition) is 1. The van der Waals surface area contributed by atoms with Crippen LogP contribution in [0.3, 0.4) is 0 Å². The second kappa shape index (κ2) is 5.90. The molecule has 1 aliphatic rings. The van der Waals surface area contributed by atoms with Crippen molar-refractivity contribution in [1.29, 1.82) is 0 Å². The topological polar surface area (TPSA) is 54.9 Å². The lowest BCUT2D eigenvalue weighted by atomic mass is 10.2. The zero-order valence-electron chi connectivity index (χ0n) is 11.9. The second-order valence-corrected chi connectivity index (χ2v) is 6.76. The number of amides is 1. The third kappa shape index (κ3) is 4.20. The molecule has 0 aromatic carbocycles. The normalized spacial score (nSPS) is 16.5. The highest BCUT2D eigenvalue weighted by Gasteiger charge is 2.26. The van der Waals surface area contributed by atoms with E-state index in [-0.39, 0.29) is 11.2 Å². The van der Waals surface area contributed by atoms with Gasteiger partial charge in [0, 0.05) is 17.7 Å². The molecular formula is C14H21N3OS. The van der Waals surface area contributed by atoms with Crippen LogP contribution in [0.15, 0.2) is 11.1 Å². The van der Waals surface area contributed by atoms with Gasteiger partial charge in [-0.1, -0.05) is 25.6 Å². The van der Waals surface area contributed by atoms with Crippen molar-refractivity contribution in [3.05, 3.63) is 17.6 Å². The van der Waals surface area contributed by atoms with E-state index >= 15 is 0 Å². The molecule has 104 valence electrons. The third-order valence-electron chi connectivity index (χ3n) is 2.95. The Balaban J connectivity index is 2.02. The van der Waals surface area contributed by atoms with Crippen LogP contribution in [0.2, 0.25) is 0 Å². The van der Waals surface area contributed by atoms with Gasteiger partial charge < -0.3 is 5.32 Å². The van der Waals surface area contributed by atoms with Crippen molar-refractivity contribution in [1.82, 2.24) is 15.3 Å². The first-order valence-electron chi connectivity index (χ1n) is 6.78. The van der Waals surface area contributed by atoms with Crippen LogP contribution in [0.25, 0.3) is 0 Å². The lowest BCUT2D eigenvalue weighted by Crippen LogP contribution is -2.32. The van der Waals surface area contributed by atoms with E-state index in [1.165, 1.54) is 11.8 Å². The average Bonchev–Trinajstić information content (AvgIpc) is 3.11. The smallest absolute Gasteiger partial charge is 0.233 e. The van der Waals surface area contributed by atoms with Gasteiger partial charge in [0.05, 0.1) is 5.25 Å². The van der Waals surface area contributed by atoms with Crippen molar-refractivity contribution in [2.24, 2.45) is 0 Å². The molecule has 1 fully saturated rings. The Labute approximate surface area is 118 Å². The Bertz CT molecular complexity index is 472. The Kier molecular flexibility index (Phi) is 4.45. The van der Waals surface area contributed by atoms with Crippen molar-refractivity contribution in [2.45, 2.75) is 62.8 Å². The van der Waals surface area contributed by atoms with Crippen LogP contribution < -0.4 is 5.32 Å². The number of carbonyl (C=O) groups is 1. The second-order valence-electron chi connectivity index (χ2n) is 5.40. The van der Waals surface area contributed by atoms with Gasteiger partial charge >= 0.3 is 0 Å². The van der Waals surface area contributed by atoms with Crippen molar-refractivity contribution < 1.29 is 4.79 Å². The SMILES string of the molecule is Cc1cc(S[C@@H](C)C(=O)NC2CC2)nc(C(C)C)n1. The van der Waals surface area contributed by atoms with Gasteiger partial charge in [-0.15, -0.1) is 0 Å². The molecule has 1 heterocycles. The van der Waals surface area contributed by atoms with Crippen molar-refractivity contribution in [2.75, 3.05) is 0 Å². The monoisotopic (exact) mass is 279 g/mol.